The van der Waals surface area contributed by atoms with Gasteiger partial charge in [0.2, 0.25) is 0 Å². The van der Waals surface area contributed by atoms with Gasteiger partial charge in [-0.15, -0.1) is 0 Å². The van der Waals surface area contributed by atoms with E-state index in [1.165, 1.54) is 225 Å². The molecule has 14 heteroatoms. The van der Waals surface area contributed by atoms with Gasteiger partial charge in [0.1, 0.15) is 54.9 Å². The molecule has 2 saturated heterocycles. The van der Waals surface area contributed by atoms with Crippen LogP contribution in [0.4, 0.5) is 0 Å². The van der Waals surface area contributed by atoms with Gasteiger partial charge in [-0.25, -0.2) is 0 Å². The summed E-state index contributed by atoms with van der Waals surface area (Å²) < 4.78 is 34.5. The van der Waals surface area contributed by atoms with Crippen molar-refractivity contribution in [3.63, 3.8) is 0 Å². The molecule has 2 fully saturated rings. The molecule has 11 atom stereocenters. The molecular formula is C64H122O14. The maximum Gasteiger partial charge on any atom is 0.306 e. The molecule has 2 heterocycles. The number of carbonyl (C=O) groups excluding carboxylic acids is 1. The third kappa shape index (κ3) is 37.0. The fourth-order valence-corrected chi connectivity index (χ4v) is 10.8. The Balaban J connectivity index is 1.65. The zero-order chi connectivity index (χ0) is 56.5. The molecule has 2 aliphatic heterocycles. The SMILES string of the molecule is CCCCCCCCC/C=C\CCCCCCCCCCOCC(COC1OC(COC2OC(CO)C(O)C(O)C2O)C(O)C(O)C1O)OC(=O)CCCCCCCCCCCCCCCCCCCCCCCCCCC. The van der Waals surface area contributed by atoms with E-state index >= 15 is 0 Å². The number of aliphatic hydroxyl groups excluding tert-OH is 7. The molecule has 0 spiro atoms. The molecule has 78 heavy (non-hydrogen) atoms. The van der Waals surface area contributed by atoms with Crippen molar-refractivity contribution in [1.82, 2.24) is 0 Å². The molecule has 0 bridgehead atoms. The van der Waals surface area contributed by atoms with Gasteiger partial charge in [-0.2, -0.15) is 0 Å². The molecule has 462 valence electrons. The van der Waals surface area contributed by atoms with Crippen molar-refractivity contribution in [2.45, 2.75) is 357 Å². The lowest BCUT2D eigenvalue weighted by atomic mass is 9.98. The molecule has 0 saturated carbocycles. The first-order valence-electron chi connectivity index (χ1n) is 32.8. The molecule has 0 aromatic rings. The van der Waals surface area contributed by atoms with Crippen LogP contribution in [0.1, 0.15) is 290 Å². The van der Waals surface area contributed by atoms with Crippen molar-refractivity contribution in [3.8, 4) is 0 Å². The standard InChI is InChI=1S/C64H122O14/c1-3-5-7-9-11-13-15-17-19-21-23-24-25-26-27-28-29-31-33-35-37-39-41-43-45-47-56(66)76-53(50-73-48-46-44-42-40-38-36-34-32-30-22-20-18-16-14-12-10-8-6-4-2)51-74-63-62(72)60(70)58(68)55(78-63)52-75-64-61(71)59(69)57(67)54(49-65)77-64/h20,22,53-55,57-65,67-72H,3-19,21,23-52H2,1-2H3/b22-20-. The Hall–Kier alpha value is -1.27. The minimum Gasteiger partial charge on any atom is -0.457 e. The van der Waals surface area contributed by atoms with Crippen LogP contribution < -0.4 is 0 Å². The first-order chi connectivity index (χ1) is 38.1. The first kappa shape index (κ1) is 72.8. The number of unbranched alkanes of at least 4 members (excludes halogenated alkanes) is 39. The van der Waals surface area contributed by atoms with E-state index in [2.05, 4.69) is 26.0 Å². The third-order valence-electron chi connectivity index (χ3n) is 16.0. The lowest BCUT2D eigenvalue weighted by Crippen LogP contribution is -2.61. The molecule has 14 nitrogen and oxygen atoms in total. The van der Waals surface area contributed by atoms with Gasteiger partial charge < -0.3 is 64.2 Å². The van der Waals surface area contributed by atoms with Crippen LogP contribution >= 0.6 is 0 Å². The Morgan fingerprint density at radius 2 is 0.756 bits per heavy atom. The maximum absolute atomic E-state index is 13.1. The van der Waals surface area contributed by atoms with Crippen LogP contribution in [0.25, 0.3) is 0 Å². The van der Waals surface area contributed by atoms with E-state index in [9.17, 15) is 40.5 Å². The van der Waals surface area contributed by atoms with Crippen molar-refractivity contribution in [2.24, 2.45) is 0 Å². The number of carbonyl (C=O) groups is 1. The molecule has 11 unspecified atom stereocenters. The molecule has 0 aliphatic carbocycles. The van der Waals surface area contributed by atoms with Gasteiger partial charge in [0, 0.05) is 13.0 Å². The number of allylic oxidation sites excluding steroid dienone is 2. The van der Waals surface area contributed by atoms with Crippen molar-refractivity contribution in [3.05, 3.63) is 12.2 Å². The molecule has 2 aliphatic rings. The summed E-state index contributed by atoms with van der Waals surface area (Å²) in [5.41, 5.74) is 0. The number of esters is 1. The Kier molecular flexibility index (Phi) is 48.0. The van der Waals surface area contributed by atoms with Gasteiger partial charge in [0.15, 0.2) is 12.6 Å². The topological polar surface area (TPSA) is 214 Å². The molecule has 0 aromatic heterocycles. The third-order valence-corrected chi connectivity index (χ3v) is 16.0. The lowest BCUT2D eigenvalue weighted by molar-refractivity contribution is -0.332. The number of hydrogen-bond donors (Lipinski definition) is 7. The van der Waals surface area contributed by atoms with Crippen molar-refractivity contribution in [2.75, 3.05) is 33.0 Å². The summed E-state index contributed by atoms with van der Waals surface area (Å²) in [5, 5.41) is 72.5. The smallest absolute Gasteiger partial charge is 0.306 e. The minimum absolute atomic E-state index is 0.0658. The molecule has 0 radical (unpaired) electrons. The van der Waals surface area contributed by atoms with E-state index in [1.54, 1.807) is 0 Å². The average Bonchev–Trinajstić information content (AvgIpc) is 3.46. The summed E-state index contributed by atoms with van der Waals surface area (Å²) in [6.07, 6.45) is 42.8. The normalized spacial score (nSPS) is 24.1. The molecule has 7 N–H and O–H groups in total. The van der Waals surface area contributed by atoms with Crippen LogP contribution in [0.15, 0.2) is 12.2 Å². The summed E-state index contributed by atoms with van der Waals surface area (Å²) >= 11 is 0. The van der Waals surface area contributed by atoms with Gasteiger partial charge in [-0.3, -0.25) is 4.79 Å². The second-order valence-corrected chi connectivity index (χ2v) is 23.3. The molecule has 0 aromatic carbocycles. The van der Waals surface area contributed by atoms with Gasteiger partial charge in [-0.1, -0.05) is 257 Å². The van der Waals surface area contributed by atoms with E-state index < -0.39 is 80.7 Å². The van der Waals surface area contributed by atoms with E-state index in [0.717, 1.165) is 38.5 Å². The highest BCUT2D eigenvalue weighted by Gasteiger charge is 2.47. The predicted molar refractivity (Wildman–Crippen MR) is 312 cm³/mol. The predicted octanol–water partition coefficient (Wildman–Crippen LogP) is 12.9. The van der Waals surface area contributed by atoms with Crippen LogP contribution in [0.2, 0.25) is 0 Å². The summed E-state index contributed by atoms with van der Waals surface area (Å²) in [5.74, 6) is -0.368. The van der Waals surface area contributed by atoms with Crippen LogP contribution in [0.5, 0.6) is 0 Å². The zero-order valence-electron chi connectivity index (χ0n) is 49.9. The van der Waals surface area contributed by atoms with Gasteiger partial charge in [0.05, 0.1) is 26.4 Å². The summed E-state index contributed by atoms with van der Waals surface area (Å²) in [6.45, 7) is 3.76. The van der Waals surface area contributed by atoms with Crippen molar-refractivity contribution < 1.29 is 69.0 Å². The van der Waals surface area contributed by atoms with Crippen LogP contribution in [0.3, 0.4) is 0 Å². The monoisotopic (exact) mass is 1110 g/mol. The summed E-state index contributed by atoms with van der Waals surface area (Å²) in [6, 6.07) is 0. The summed E-state index contributed by atoms with van der Waals surface area (Å²) in [4.78, 5) is 13.1. The number of aliphatic hydroxyl groups is 7. The van der Waals surface area contributed by atoms with Gasteiger partial charge in [-0.05, 0) is 38.5 Å². The van der Waals surface area contributed by atoms with Crippen LogP contribution in [0, 0.1) is 0 Å². The Morgan fingerprint density at radius 1 is 0.410 bits per heavy atom. The Morgan fingerprint density at radius 3 is 1.17 bits per heavy atom. The summed E-state index contributed by atoms with van der Waals surface area (Å²) in [7, 11) is 0. The van der Waals surface area contributed by atoms with Crippen LogP contribution in [-0.4, -0.2) is 142 Å². The number of ether oxygens (including phenoxy) is 6. The van der Waals surface area contributed by atoms with Crippen LogP contribution in [-0.2, 0) is 33.2 Å². The highest BCUT2D eigenvalue weighted by atomic mass is 16.7. The van der Waals surface area contributed by atoms with E-state index in [0.29, 0.717) is 13.0 Å². The number of hydrogen-bond acceptors (Lipinski definition) is 14. The lowest BCUT2D eigenvalue weighted by Gasteiger charge is -2.42. The van der Waals surface area contributed by atoms with E-state index in [4.69, 9.17) is 28.4 Å². The highest BCUT2D eigenvalue weighted by Crippen LogP contribution is 2.27. The average molecular weight is 1120 g/mol. The van der Waals surface area contributed by atoms with Crippen molar-refractivity contribution in [1.29, 1.82) is 0 Å². The fourth-order valence-electron chi connectivity index (χ4n) is 10.8. The molecular weight excluding hydrogens is 993 g/mol. The molecule has 2 rings (SSSR count). The Bertz CT molecular complexity index is 1340. The number of rotatable bonds is 55. The second-order valence-electron chi connectivity index (χ2n) is 23.3. The minimum atomic E-state index is -1.70. The van der Waals surface area contributed by atoms with E-state index in [1.807, 2.05) is 0 Å². The van der Waals surface area contributed by atoms with Gasteiger partial charge in [0.25, 0.3) is 0 Å². The maximum atomic E-state index is 13.1. The fraction of sp³-hybridized carbons (Fsp3) is 0.953. The second kappa shape index (κ2) is 51.4. The quantitative estimate of drug-likeness (QED) is 0.0172. The van der Waals surface area contributed by atoms with Crippen molar-refractivity contribution >= 4 is 5.97 Å². The first-order valence-corrected chi connectivity index (χ1v) is 32.8. The highest BCUT2D eigenvalue weighted by molar-refractivity contribution is 5.69. The Labute approximate surface area is 475 Å². The van der Waals surface area contributed by atoms with Gasteiger partial charge >= 0.3 is 5.97 Å². The largest absolute Gasteiger partial charge is 0.457 e. The zero-order valence-corrected chi connectivity index (χ0v) is 49.9. The molecule has 0 amide bonds. The van der Waals surface area contributed by atoms with E-state index in [-0.39, 0.29) is 25.6 Å².